The summed E-state index contributed by atoms with van der Waals surface area (Å²) in [5.74, 6) is 0.134. The second kappa shape index (κ2) is 5.76. The van der Waals surface area contributed by atoms with Crippen molar-refractivity contribution in [2.24, 2.45) is 0 Å². The summed E-state index contributed by atoms with van der Waals surface area (Å²) in [4.78, 5) is 23.2. The molecule has 6 nitrogen and oxygen atoms in total. The Labute approximate surface area is 124 Å². The molecule has 0 unspecified atom stereocenters. The monoisotopic (exact) mass is 309 g/mol. The molecule has 8 heteroatoms. The number of rotatable bonds is 4. The Bertz CT molecular complexity index is 589. The van der Waals surface area contributed by atoms with Gasteiger partial charge in [0, 0.05) is 24.7 Å². The zero-order valence-electron chi connectivity index (χ0n) is 10.8. The summed E-state index contributed by atoms with van der Waals surface area (Å²) in [6.07, 6.45) is 4.06. The van der Waals surface area contributed by atoms with E-state index >= 15 is 0 Å². The van der Waals surface area contributed by atoms with Gasteiger partial charge in [-0.15, -0.1) is 11.3 Å². The van der Waals surface area contributed by atoms with Crippen molar-refractivity contribution in [3.63, 3.8) is 0 Å². The first-order valence-corrected chi connectivity index (χ1v) is 8.11. The number of nitrogens with zero attached hydrogens (tertiary/aromatic N) is 3. The minimum absolute atomic E-state index is 0.180. The van der Waals surface area contributed by atoms with E-state index in [1.165, 1.54) is 35.5 Å². The molecule has 1 fully saturated rings. The fraction of sp³-hybridized carbons (Fsp3) is 0.417. The number of hydrogen-bond donors (Lipinski definition) is 2. The standard InChI is InChI=1S/C12H15N5OS2/c13-10-9(11(18)15-7-8-14-3-6-19-8)20-12(16-10)17-4-1-2-5-17/h3,6H,1-2,4-5,7,13H2,(H,15,18). The normalized spacial score (nSPS) is 14.7. The number of thiazole rings is 2. The van der Waals surface area contributed by atoms with Gasteiger partial charge in [0.2, 0.25) is 0 Å². The largest absolute Gasteiger partial charge is 0.382 e. The van der Waals surface area contributed by atoms with Crippen molar-refractivity contribution in [1.82, 2.24) is 15.3 Å². The maximum absolute atomic E-state index is 12.1. The van der Waals surface area contributed by atoms with Crippen LogP contribution in [0.25, 0.3) is 0 Å². The lowest BCUT2D eigenvalue weighted by atomic mass is 10.4. The number of aromatic nitrogens is 2. The van der Waals surface area contributed by atoms with Crippen molar-refractivity contribution in [2.75, 3.05) is 23.7 Å². The van der Waals surface area contributed by atoms with Crippen molar-refractivity contribution >= 4 is 39.5 Å². The molecule has 0 atom stereocenters. The van der Waals surface area contributed by atoms with E-state index in [2.05, 4.69) is 20.2 Å². The lowest BCUT2D eigenvalue weighted by Gasteiger charge is -2.11. The first-order chi connectivity index (χ1) is 9.74. The van der Waals surface area contributed by atoms with E-state index in [1.54, 1.807) is 6.20 Å². The third-order valence-electron chi connectivity index (χ3n) is 3.11. The first kappa shape index (κ1) is 13.3. The molecule has 2 aromatic heterocycles. The highest BCUT2D eigenvalue weighted by molar-refractivity contribution is 7.18. The van der Waals surface area contributed by atoms with Crippen molar-refractivity contribution in [2.45, 2.75) is 19.4 Å². The van der Waals surface area contributed by atoms with E-state index in [0.29, 0.717) is 17.2 Å². The SMILES string of the molecule is Nc1nc(N2CCCC2)sc1C(=O)NCc1nccs1. The number of nitrogens with two attached hydrogens (primary N) is 1. The smallest absolute Gasteiger partial charge is 0.265 e. The van der Waals surface area contributed by atoms with Gasteiger partial charge in [0.1, 0.15) is 15.7 Å². The lowest BCUT2D eigenvalue weighted by molar-refractivity contribution is 0.0955. The molecular weight excluding hydrogens is 294 g/mol. The van der Waals surface area contributed by atoms with Gasteiger partial charge in [-0.05, 0) is 12.8 Å². The summed E-state index contributed by atoms with van der Waals surface area (Å²) in [6.45, 7) is 2.41. The number of nitrogen functional groups attached to an aromatic ring is 1. The minimum Gasteiger partial charge on any atom is -0.382 e. The molecule has 0 spiro atoms. The molecule has 1 saturated heterocycles. The lowest BCUT2D eigenvalue weighted by Crippen LogP contribution is -2.22. The van der Waals surface area contributed by atoms with Gasteiger partial charge in [-0.25, -0.2) is 9.97 Å². The van der Waals surface area contributed by atoms with E-state index in [4.69, 9.17) is 5.73 Å². The summed E-state index contributed by atoms with van der Waals surface area (Å²) in [5, 5.41) is 6.43. The van der Waals surface area contributed by atoms with Crippen molar-refractivity contribution in [3.8, 4) is 0 Å². The van der Waals surface area contributed by atoms with Gasteiger partial charge in [-0.1, -0.05) is 11.3 Å². The fourth-order valence-corrected chi connectivity index (χ4v) is 3.61. The Morgan fingerprint density at radius 2 is 2.25 bits per heavy atom. The molecule has 0 aromatic carbocycles. The van der Waals surface area contributed by atoms with Gasteiger partial charge in [0.25, 0.3) is 5.91 Å². The molecule has 106 valence electrons. The number of carbonyl (C=O) groups excluding carboxylic acids is 1. The van der Waals surface area contributed by atoms with Crippen molar-refractivity contribution < 1.29 is 4.79 Å². The Morgan fingerprint density at radius 1 is 1.45 bits per heavy atom. The predicted molar refractivity (Wildman–Crippen MR) is 81.3 cm³/mol. The van der Waals surface area contributed by atoms with Gasteiger partial charge < -0.3 is 16.0 Å². The number of anilines is 2. The molecule has 20 heavy (non-hydrogen) atoms. The van der Waals surface area contributed by atoms with Gasteiger partial charge in [0.05, 0.1) is 6.54 Å². The Balaban J connectivity index is 1.67. The molecule has 0 aliphatic carbocycles. The van der Waals surface area contributed by atoms with E-state index in [0.717, 1.165) is 23.2 Å². The third kappa shape index (κ3) is 2.75. The minimum atomic E-state index is -0.180. The quantitative estimate of drug-likeness (QED) is 0.898. The van der Waals surface area contributed by atoms with E-state index < -0.39 is 0 Å². The fourth-order valence-electron chi connectivity index (χ4n) is 2.10. The van der Waals surface area contributed by atoms with Crippen LogP contribution in [-0.4, -0.2) is 29.0 Å². The van der Waals surface area contributed by atoms with Gasteiger partial charge >= 0.3 is 0 Å². The average molecular weight is 309 g/mol. The predicted octanol–water partition coefficient (Wildman–Crippen LogP) is 1.71. The van der Waals surface area contributed by atoms with Gasteiger partial charge in [-0.3, -0.25) is 4.79 Å². The van der Waals surface area contributed by atoms with Crippen LogP contribution in [0.15, 0.2) is 11.6 Å². The van der Waals surface area contributed by atoms with Crippen LogP contribution in [0.4, 0.5) is 10.9 Å². The zero-order valence-corrected chi connectivity index (χ0v) is 12.5. The molecule has 0 bridgehead atoms. The molecule has 3 rings (SSSR count). The molecule has 1 amide bonds. The summed E-state index contributed by atoms with van der Waals surface area (Å²) in [7, 11) is 0. The maximum atomic E-state index is 12.1. The second-order valence-electron chi connectivity index (χ2n) is 4.51. The van der Waals surface area contributed by atoms with Gasteiger partial charge in [-0.2, -0.15) is 0 Å². The molecule has 1 aliphatic heterocycles. The average Bonchev–Trinajstić information content (AvgIpc) is 3.17. The molecule has 3 heterocycles. The Morgan fingerprint density at radius 3 is 2.95 bits per heavy atom. The first-order valence-electron chi connectivity index (χ1n) is 6.42. The highest BCUT2D eigenvalue weighted by Crippen LogP contribution is 2.30. The zero-order chi connectivity index (χ0) is 13.9. The number of hydrogen-bond acceptors (Lipinski definition) is 7. The Kier molecular flexibility index (Phi) is 3.83. The Hall–Kier alpha value is -1.67. The van der Waals surface area contributed by atoms with Crippen molar-refractivity contribution in [3.05, 3.63) is 21.5 Å². The molecule has 1 aliphatic rings. The van der Waals surface area contributed by atoms with E-state index in [-0.39, 0.29) is 5.91 Å². The molecule has 0 saturated carbocycles. The highest BCUT2D eigenvalue weighted by Gasteiger charge is 2.21. The van der Waals surface area contributed by atoms with E-state index in [1.807, 2.05) is 5.38 Å². The van der Waals surface area contributed by atoms with Crippen LogP contribution in [-0.2, 0) is 6.54 Å². The number of nitrogens with one attached hydrogen (secondary N) is 1. The van der Waals surface area contributed by atoms with Crippen LogP contribution in [0, 0.1) is 0 Å². The maximum Gasteiger partial charge on any atom is 0.265 e. The summed E-state index contributed by atoms with van der Waals surface area (Å²) in [6, 6.07) is 0. The molecule has 3 N–H and O–H groups in total. The van der Waals surface area contributed by atoms with Crippen LogP contribution in [0.3, 0.4) is 0 Å². The van der Waals surface area contributed by atoms with Crippen LogP contribution in [0.5, 0.6) is 0 Å². The highest BCUT2D eigenvalue weighted by atomic mass is 32.1. The molecule has 2 aromatic rings. The second-order valence-corrected chi connectivity index (χ2v) is 6.47. The summed E-state index contributed by atoms with van der Waals surface area (Å²) < 4.78 is 0. The summed E-state index contributed by atoms with van der Waals surface area (Å²) in [5.41, 5.74) is 5.86. The van der Waals surface area contributed by atoms with Gasteiger partial charge in [0.15, 0.2) is 5.13 Å². The number of amides is 1. The third-order valence-corrected chi connectivity index (χ3v) is 5.02. The van der Waals surface area contributed by atoms with Crippen LogP contribution >= 0.6 is 22.7 Å². The molecule has 0 radical (unpaired) electrons. The molecular formula is C12H15N5OS2. The topological polar surface area (TPSA) is 84.1 Å². The van der Waals surface area contributed by atoms with E-state index in [9.17, 15) is 4.79 Å². The summed E-state index contributed by atoms with van der Waals surface area (Å²) >= 11 is 2.88. The van der Waals surface area contributed by atoms with Crippen LogP contribution in [0.2, 0.25) is 0 Å². The van der Waals surface area contributed by atoms with Crippen LogP contribution < -0.4 is 16.0 Å². The van der Waals surface area contributed by atoms with Crippen LogP contribution in [0.1, 0.15) is 27.5 Å². The van der Waals surface area contributed by atoms with Crippen molar-refractivity contribution in [1.29, 1.82) is 0 Å². The number of carbonyl (C=O) groups is 1.